The van der Waals surface area contributed by atoms with E-state index in [0.717, 1.165) is 5.39 Å². The second-order valence-corrected chi connectivity index (χ2v) is 7.75. The van der Waals surface area contributed by atoms with E-state index in [1.54, 1.807) is 24.3 Å². The van der Waals surface area contributed by atoms with Gasteiger partial charge in [0.15, 0.2) is 0 Å². The van der Waals surface area contributed by atoms with Crippen molar-refractivity contribution < 1.29 is 31.9 Å². The predicted octanol–water partition coefficient (Wildman–Crippen LogP) is 3.41. The van der Waals surface area contributed by atoms with Crippen molar-refractivity contribution in [3.05, 3.63) is 46.9 Å². The zero-order valence-electron chi connectivity index (χ0n) is 17.1. The molecule has 1 amide bonds. The number of nitrogens with one attached hydrogen (secondary N) is 2. The zero-order valence-corrected chi connectivity index (χ0v) is 17.8. The van der Waals surface area contributed by atoms with Crippen LogP contribution in [-0.2, 0) is 4.74 Å². The van der Waals surface area contributed by atoms with Gasteiger partial charge in [-0.25, -0.2) is 0 Å². The highest BCUT2D eigenvalue weighted by atomic mass is 35.5. The topological polar surface area (TPSA) is 111 Å². The largest absolute Gasteiger partial charge is 0.522 e. The van der Waals surface area contributed by atoms with Crippen molar-refractivity contribution in [2.75, 3.05) is 19.8 Å². The van der Waals surface area contributed by atoms with Gasteiger partial charge in [-0.3, -0.25) is 14.5 Å². The molecular weight excluding hydrogens is 467 g/mol. The van der Waals surface area contributed by atoms with Gasteiger partial charge in [-0.15, -0.1) is 18.3 Å². The van der Waals surface area contributed by atoms with Gasteiger partial charge in [-0.05, 0) is 31.0 Å². The Bertz CT molecular complexity index is 1120. The number of amides is 1. The number of rotatable bonds is 7. The normalized spacial score (nSPS) is 18.9. The second kappa shape index (κ2) is 9.89. The third kappa shape index (κ3) is 6.30. The molecule has 0 unspecified atom stereocenters. The van der Waals surface area contributed by atoms with Gasteiger partial charge in [-0.1, -0.05) is 22.8 Å². The Morgan fingerprint density at radius 2 is 2.09 bits per heavy atom. The Labute approximate surface area is 190 Å². The van der Waals surface area contributed by atoms with Gasteiger partial charge in [0.1, 0.15) is 6.61 Å². The van der Waals surface area contributed by atoms with Crippen LogP contribution >= 0.6 is 11.6 Å². The van der Waals surface area contributed by atoms with E-state index in [-0.39, 0.29) is 36.6 Å². The van der Waals surface area contributed by atoms with E-state index in [1.807, 2.05) is 0 Å². The summed E-state index contributed by atoms with van der Waals surface area (Å²) in [5.41, 5.74) is 1.15. The highest BCUT2D eigenvalue weighted by molar-refractivity contribution is 6.31. The smallest absolute Gasteiger partial charge is 0.447 e. The number of nitrogens with zero attached hydrogens (tertiary/aromatic N) is 3. The lowest BCUT2D eigenvalue weighted by molar-refractivity contribution is -0.325. The number of fused-ring (bicyclic) bond motifs is 1. The van der Waals surface area contributed by atoms with Gasteiger partial charge < -0.3 is 19.8 Å². The van der Waals surface area contributed by atoms with Crippen molar-refractivity contribution >= 4 is 28.4 Å². The molecule has 176 valence electrons. The summed E-state index contributed by atoms with van der Waals surface area (Å²) in [5, 5.41) is 15.1. The third-order valence-electron chi connectivity index (χ3n) is 4.95. The van der Waals surface area contributed by atoms with Crippen LogP contribution in [0.1, 0.15) is 35.1 Å². The molecule has 2 N–H and O–H groups in total. The first-order valence-corrected chi connectivity index (χ1v) is 10.4. The summed E-state index contributed by atoms with van der Waals surface area (Å²) in [4.78, 5) is 16.9. The first-order valence-electron chi connectivity index (χ1n) is 10.0. The number of carbonyl (C=O) groups is 1. The maximum atomic E-state index is 12.6. The number of halogens is 4. The molecule has 1 aliphatic rings. The summed E-state index contributed by atoms with van der Waals surface area (Å²) < 4.78 is 49.7. The van der Waals surface area contributed by atoms with Gasteiger partial charge in [0.2, 0.25) is 5.89 Å². The molecule has 0 radical (unpaired) electrons. The average molecular weight is 486 g/mol. The molecule has 4 rings (SSSR count). The van der Waals surface area contributed by atoms with Crippen molar-refractivity contribution in [1.29, 1.82) is 0 Å². The summed E-state index contributed by atoms with van der Waals surface area (Å²) in [6.07, 6.45) is -2.21. The van der Waals surface area contributed by atoms with Crippen molar-refractivity contribution in [3.63, 3.8) is 0 Å². The molecule has 3 aromatic rings. The number of alkyl halides is 3. The average Bonchev–Trinajstić information content (AvgIpc) is 3.25. The SMILES string of the molecule is O=C(N[C@H]1CC[C@H](c2nnc(OCCOC(F)(F)F)o2)NC1)c1cnc2cc(Cl)ccc2c1. The van der Waals surface area contributed by atoms with Crippen LogP contribution in [0.5, 0.6) is 6.08 Å². The standard InChI is InChI=1S/C20H19ClF3N5O4/c21-13-2-1-11-7-12(9-25-16(11)8-13)17(30)27-14-3-4-15(26-10-14)18-28-29-19(33-18)31-5-6-32-20(22,23)24/h1-2,7-9,14-15,26H,3-6,10H2,(H,27,30)/t14-,15+/m0/s1. The Morgan fingerprint density at radius 1 is 1.24 bits per heavy atom. The van der Waals surface area contributed by atoms with E-state index in [1.165, 1.54) is 6.20 Å². The molecule has 1 fully saturated rings. The highest BCUT2D eigenvalue weighted by Gasteiger charge is 2.29. The summed E-state index contributed by atoms with van der Waals surface area (Å²) in [6, 6.07) is 6.65. The number of aromatic nitrogens is 3. The van der Waals surface area contributed by atoms with Crippen LogP contribution in [0.25, 0.3) is 10.9 Å². The fourth-order valence-corrected chi connectivity index (χ4v) is 3.55. The van der Waals surface area contributed by atoms with E-state index in [0.29, 0.717) is 35.5 Å². The van der Waals surface area contributed by atoms with Crippen LogP contribution in [0.2, 0.25) is 5.02 Å². The number of hydrogen-bond acceptors (Lipinski definition) is 8. The van der Waals surface area contributed by atoms with E-state index in [2.05, 4.69) is 30.6 Å². The second-order valence-electron chi connectivity index (χ2n) is 7.32. The maximum Gasteiger partial charge on any atom is 0.522 e. The summed E-state index contributed by atoms with van der Waals surface area (Å²) >= 11 is 5.96. The summed E-state index contributed by atoms with van der Waals surface area (Å²) in [5.74, 6) is 0.0167. The quantitative estimate of drug-likeness (QED) is 0.490. The van der Waals surface area contributed by atoms with E-state index in [4.69, 9.17) is 20.8 Å². The molecule has 2 atom stereocenters. The minimum Gasteiger partial charge on any atom is -0.447 e. The lowest BCUT2D eigenvalue weighted by atomic mass is 10.0. The third-order valence-corrected chi connectivity index (χ3v) is 5.19. The highest BCUT2D eigenvalue weighted by Crippen LogP contribution is 2.25. The Morgan fingerprint density at radius 3 is 2.85 bits per heavy atom. The minimum atomic E-state index is -4.72. The number of hydrogen-bond donors (Lipinski definition) is 2. The first-order chi connectivity index (χ1) is 15.8. The van der Waals surface area contributed by atoms with Crippen molar-refractivity contribution in [1.82, 2.24) is 25.8 Å². The van der Waals surface area contributed by atoms with E-state index in [9.17, 15) is 18.0 Å². The maximum absolute atomic E-state index is 12.6. The van der Waals surface area contributed by atoms with Gasteiger partial charge in [0.05, 0.1) is 23.7 Å². The fourth-order valence-electron chi connectivity index (χ4n) is 3.38. The lowest BCUT2D eigenvalue weighted by Gasteiger charge is -2.28. The molecular formula is C20H19ClF3N5O4. The molecule has 9 nitrogen and oxygen atoms in total. The molecule has 1 aromatic carbocycles. The van der Waals surface area contributed by atoms with Crippen LogP contribution in [-0.4, -0.2) is 53.3 Å². The molecule has 0 bridgehead atoms. The number of ether oxygens (including phenoxy) is 2. The van der Waals surface area contributed by atoms with E-state index < -0.39 is 13.0 Å². The molecule has 33 heavy (non-hydrogen) atoms. The monoisotopic (exact) mass is 485 g/mol. The van der Waals surface area contributed by atoms with Crippen LogP contribution in [0.3, 0.4) is 0 Å². The summed E-state index contributed by atoms with van der Waals surface area (Å²) in [7, 11) is 0. The van der Waals surface area contributed by atoms with Crippen LogP contribution in [0.15, 0.2) is 34.9 Å². The molecule has 13 heteroatoms. The molecule has 0 spiro atoms. The van der Waals surface area contributed by atoms with Crippen molar-refractivity contribution in [2.24, 2.45) is 0 Å². The summed E-state index contributed by atoms with van der Waals surface area (Å²) in [6.45, 7) is -0.611. The number of benzene rings is 1. The van der Waals surface area contributed by atoms with Crippen LogP contribution in [0, 0.1) is 0 Å². The zero-order chi connectivity index (χ0) is 23.4. The van der Waals surface area contributed by atoms with Gasteiger partial charge >= 0.3 is 12.4 Å². The van der Waals surface area contributed by atoms with E-state index >= 15 is 0 Å². The minimum absolute atomic E-state index is 0.118. The number of pyridine rings is 1. The molecule has 0 saturated carbocycles. The Kier molecular flexibility index (Phi) is 6.96. The lowest BCUT2D eigenvalue weighted by Crippen LogP contribution is -2.46. The molecule has 3 heterocycles. The molecule has 2 aromatic heterocycles. The predicted molar refractivity (Wildman–Crippen MR) is 110 cm³/mol. The Balaban J connectivity index is 1.25. The molecule has 1 saturated heterocycles. The Hall–Kier alpha value is -2.96. The van der Waals surface area contributed by atoms with Crippen LogP contribution in [0.4, 0.5) is 13.2 Å². The molecule has 1 aliphatic heterocycles. The number of piperidine rings is 1. The molecule has 0 aliphatic carbocycles. The van der Waals surface area contributed by atoms with Crippen molar-refractivity contribution in [3.8, 4) is 6.08 Å². The first kappa shape index (κ1) is 23.2. The van der Waals surface area contributed by atoms with Crippen molar-refractivity contribution in [2.45, 2.75) is 31.3 Å². The fraction of sp³-hybridized carbons (Fsp3) is 0.400. The van der Waals surface area contributed by atoms with Gasteiger partial charge in [0, 0.05) is 29.2 Å². The number of carbonyl (C=O) groups excluding carboxylic acids is 1. The van der Waals surface area contributed by atoms with Gasteiger partial charge in [0.25, 0.3) is 5.91 Å². The van der Waals surface area contributed by atoms with Gasteiger partial charge in [-0.2, -0.15) is 0 Å². The van der Waals surface area contributed by atoms with Crippen LogP contribution < -0.4 is 15.4 Å².